The van der Waals surface area contributed by atoms with Gasteiger partial charge in [0.05, 0.1) is 17.8 Å². The van der Waals surface area contributed by atoms with E-state index in [9.17, 15) is 4.79 Å². The lowest BCUT2D eigenvalue weighted by atomic mass is 9.97. The first kappa shape index (κ1) is 20.1. The van der Waals surface area contributed by atoms with Gasteiger partial charge in [-0.05, 0) is 30.5 Å². The summed E-state index contributed by atoms with van der Waals surface area (Å²) >= 11 is 0. The molecule has 0 spiro atoms. The smallest absolute Gasteiger partial charge is 0.272 e. The summed E-state index contributed by atoms with van der Waals surface area (Å²) in [5.74, 6) is 1.55. The first-order valence-electron chi connectivity index (χ1n) is 10.8. The highest BCUT2D eigenvalue weighted by atomic mass is 16.4. The number of oxazole rings is 1. The van der Waals surface area contributed by atoms with Crippen LogP contribution in [0.5, 0.6) is 0 Å². The van der Waals surface area contributed by atoms with Crippen molar-refractivity contribution in [3.8, 4) is 11.3 Å². The molecule has 1 fully saturated rings. The van der Waals surface area contributed by atoms with E-state index in [1.165, 1.54) is 11.9 Å². The van der Waals surface area contributed by atoms with Crippen LogP contribution in [0.15, 0.2) is 77.9 Å². The number of hydrogen-bond donors (Lipinski definition) is 0. The van der Waals surface area contributed by atoms with E-state index in [1.807, 2.05) is 35.2 Å². The molecule has 1 saturated heterocycles. The van der Waals surface area contributed by atoms with Crippen molar-refractivity contribution in [3.05, 3.63) is 96.4 Å². The average Bonchev–Trinajstić information content (AvgIpc) is 3.33. The van der Waals surface area contributed by atoms with Crippen LogP contribution in [0.2, 0.25) is 0 Å². The number of carbonyl (C=O) groups excluding carboxylic acids is 1. The third-order valence-corrected chi connectivity index (χ3v) is 5.68. The molecule has 0 saturated carbocycles. The second kappa shape index (κ2) is 9.09. The van der Waals surface area contributed by atoms with Gasteiger partial charge in [0.15, 0.2) is 5.89 Å². The molecule has 0 aliphatic carbocycles. The third kappa shape index (κ3) is 4.42. The summed E-state index contributed by atoms with van der Waals surface area (Å²) in [6.07, 6.45) is 9.22. The highest BCUT2D eigenvalue weighted by Crippen LogP contribution is 2.28. The van der Waals surface area contributed by atoms with Crippen molar-refractivity contribution in [2.24, 2.45) is 0 Å². The molecule has 1 aromatic carbocycles. The zero-order valence-electron chi connectivity index (χ0n) is 17.6. The Morgan fingerprint density at radius 3 is 2.72 bits per heavy atom. The van der Waals surface area contributed by atoms with Crippen LogP contribution in [-0.4, -0.2) is 43.8 Å². The Morgan fingerprint density at radius 1 is 1.03 bits per heavy atom. The number of piperidine rings is 1. The van der Waals surface area contributed by atoms with Crippen molar-refractivity contribution in [2.45, 2.75) is 25.2 Å². The van der Waals surface area contributed by atoms with Gasteiger partial charge >= 0.3 is 0 Å². The molecule has 0 radical (unpaired) electrons. The molecule has 0 bridgehead atoms. The number of rotatable bonds is 5. The average molecular weight is 425 g/mol. The Kier molecular flexibility index (Phi) is 5.70. The molecule has 1 atom stereocenters. The molecule has 4 heterocycles. The number of aromatic nitrogens is 4. The number of nitrogens with zero attached hydrogens (tertiary/aromatic N) is 5. The first-order chi connectivity index (χ1) is 15.8. The van der Waals surface area contributed by atoms with Gasteiger partial charge in [-0.1, -0.05) is 36.4 Å². The molecular weight excluding hydrogens is 402 g/mol. The molecule has 4 aromatic rings. The lowest BCUT2D eigenvalue weighted by Crippen LogP contribution is -2.39. The molecule has 7 nitrogen and oxygen atoms in total. The number of pyridine rings is 1. The minimum absolute atomic E-state index is 0.0792. The van der Waals surface area contributed by atoms with Gasteiger partial charge in [-0.25, -0.2) is 19.9 Å². The van der Waals surface area contributed by atoms with Gasteiger partial charge in [0.2, 0.25) is 0 Å². The van der Waals surface area contributed by atoms with Crippen molar-refractivity contribution in [1.82, 2.24) is 24.8 Å². The Balaban J connectivity index is 1.29. The maximum absolute atomic E-state index is 13.2. The molecule has 5 rings (SSSR count). The maximum Gasteiger partial charge on any atom is 0.272 e. The molecule has 32 heavy (non-hydrogen) atoms. The van der Waals surface area contributed by atoms with Gasteiger partial charge in [-0.3, -0.25) is 4.79 Å². The lowest BCUT2D eigenvalue weighted by Gasteiger charge is -2.31. The van der Waals surface area contributed by atoms with Crippen LogP contribution in [-0.2, 0) is 6.42 Å². The van der Waals surface area contributed by atoms with Crippen LogP contribution in [0.25, 0.3) is 11.3 Å². The van der Waals surface area contributed by atoms with Crippen LogP contribution in [0.4, 0.5) is 0 Å². The van der Waals surface area contributed by atoms with Gasteiger partial charge in [-0.2, -0.15) is 0 Å². The van der Waals surface area contributed by atoms with Gasteiger partial charge in [0, 0.05) is 37.5 Å². The summed E-state index contributed by atoms with van der Waals surface area (Å²) in [5, 5.41) is 0. The summed E-state index contributed by atoms with van der Waals surface area (Å²) in [6.45, 7) is 1.28. The summed E-state index contributed by atoms with van der Waals surface area (Å²) in [5.41, 5.74) is 3.07. The number of benzene rings is 1. The van der Waals surface area contributed by atoms with Crippen LogP contribution in [0.3, 0.4) is 0 Å². The minimum atomic E-state index is -0.0792. The Bertz CT molecular complexity index is 1190. The fourth-order valence-electron chi connectivity index (χ4n) is 4.06. The molecule has 1 aliphatic heterocycles. The lowest BCUT2D eigenvalue weighted by molar-refractivity contribution is 0.0692. The van der Waals surface area contributed by atoms with Crippen molar-refractivity contribution in [3.63, 3.8) is 0 Å². The maximum atomic E-state index is 13.2. The molecule has 160 valence electrons. The topological polar surface area (TPSA) is 85.0 Å². The van der Waals surface area contributed by atoms with Gasteiger partial charge in [0.1, 0.15) is 17.8 Å². The summed E-state index contributed by atoms with van der Waals surface area (Å²) in [4.78, 5) is 32.2. The van der Waals surface area contributed by atoms with Crippen LogP contribution in [0.1, 0.15) is 46.5 Å². The number of amides is 1. The third-order valence-electron chi connectivity index (χ3n) is 5.68. The second-order valence-corrected chi connectivity index (χ2v) is 7.95. The van der Waals surface area contributed by atoms with E-state index in [4.69, 9.17) is 4.42 Å². The number of hydrogen-bond acceptors (Lipinski definition) is 6. The molecular formula is C25H23N5O2. The Hall–Kier alpha value is -3.87. The highest BCUT2D eigenvalue weighted by molar-refractivity contribution is 5.93. The van der Waals surface area contributed by atoms with Crippen LogP contribution >= 0.6 is 0 Å². The van der Waals surface area contributed by atoms with Crippen molar-refractivity contribution >= 4 is 5.91 Å². The van der Waals surface area contributed by atoms with E-state index >= 15 is 0 Å². The second-order valence-electron chi connectivity index (χ2n) is 7.95. The fraction of sp³-hybridized carbons (Fsp3) is 0.240. The predicted molar refractivity (Wildman–Crippen MR) is 119 cm³/mol. The van der Waals surface area contributed by atoms with E-state index in [0.717, 1.165) is 24.2 Å². The molecule has 7 heteroatoms. The fourth-order valence-corrected chi connectivity index (χ4v) is 4.06. The monoisotopic (exact) mass is 425 g/mol. The zero-order valence-corrected chi connectivity index (χ0v) is 17.6. The highest BCUT2D eigenvalue weighted by Gasteiger charge is 2.29. The Labute approximate surface area is 186 Å². The molecule has 3 aromatic heterocycles. The van der Waals surface area contributed by atoms with E-state index in [0.29, 0.717) is 36.8 Å². The quantitative estimate of drug-likeness (QED) is 0.478. The van der Waals surface area contributed by atoms with E-state index in [-0.39, 0.29) is 11.8 Å². The van der Waals surface area contributed by atoms with Gasteiger partial charge < -0.3 is 9.32 Å². The molecule has 0 N–H and O–H groups in total. The largest absolute Gasteiger partial charge is 0.445 e. The van der Waals surface area contributed by atoms with Crippen molar-refractivity contribution < 1.29 is 9.21 Å². The number of carbonyl (C=O) groups is 1. The van der Waals surface area contributed by atoms with Crippen LogP contribution < -0.4 is 0 Å². The van der Waals surface area contributed by atoms with Gasteiger partial charge in [0.25, 0.3) is 5.91 Å². The van der Waals surface area contributed by atoms with Crippen LogP contribution in [0, 0.1) is 0 Å². The van der Waals surface area contributed by atoms with Gasteiger partial charge in [-0.15, -0.1) is 0 Å². The summed E-state index contributed by atoms with van der Waals surface area (Å²) < 4.78 is 6.06. The first-order valence-corrected chi connectivity index (χ1v) is 10.8. The molecule has 0 unspecified atom stereocenters. The van der Waals surface area contributed by atoms with E-state index < -0.39 is 0 Å². The predicted octanol–water partition coefficient (Wildman–Crippen LogP) is 4.14. The molecule has 1 aliphatic rings. The summed E-state index contributed by atoms with van der Waals surface area (Å²) in [7, 11) is 0. The standard InChI is InChI=1S/C25H23N5O2/c31-25(23-10-4-9-22(29-23)20-13-26-17-27-14-20)30-11-5-8-19(16-30)24-28-15-21(32-24)12-18-6-2-1-3-7-18/h1-4,6-7,9-10,13-15,17,19H,5,8,11-12,16H2/t19-/m1/s1. The SMILES string of the molecule is O=C(c1cccc(-c2cncnc2)n1)N1CCC[C@@H](c2ncc(Cc3ccccc3)o2)C1. The zero-order chi connectivity index (χ0) is 21.8. The minimum Gasteiger partial charge on any atom is -0.445 e. The Morgan fingerprint density at radius 2 is 1.88 bits per heavy atom. The van der Waals surface area contributed by atoms with Crippen molar-refractivity contribution in [1.29, 1.82) is 0 Å². The van der Waals surface area contributed by atoms with E-state index in [2.05, 4.69) is 32.1 Å². The van der Waals surface area contributed by atoms with E-state index in [1.54, 1.807) is 24.7 Å². The molecule has 1 amide bonds. The van der Waals surface area contributed by atoms with Crippen molar-refractivity contribution in [2.75, 3.05) is 13.1 Å². The summed E-state index contributed by atoms with van der Waals surface area (Å²) in [6, 6.07) is 15.6. The normalized spacial score (nSPS) is 16.1. The number of likely N-dealkylation sites (tertiary alicyclic amines) is 1.